The Bertz CT molecular complexity index is 1130. The lowest BCUT2D eigenvalue weighted by molar-refractivity contribution is 0.256. The summed E-state index contributed by atoms with van der Waals surface area (Å²) >= 11 is 5.87. The minimum absolute atomic E-state index is 0.0575. The Morgan fingerprint density at radius 3 is 2.90 bits per heavy atom. The van der Waals surface area contributed by atoms with Crippen molar-refractivity contribution in [3.8, 4) is 5.88 Å². The van der Waals surface area contributed by atoms with Crippen LogP contribution in [0.2, 0.25) is 5.02 Å². The quantitative estimate of drug-likeness (QED) is 0.569. The summed E-state index contributed by atoms with van der Waals surface area (Å²) in [5.74, 6) is 0.938. The number of ether oxygens (including phenoxy) is 1. The van der Waals surface area contributed by atoms with E-state index in [1.54, 1.807) is 23.2 Å². The number of aromatic nitrogens is 3. The minimum atomic E-state index is -0.543. The molecule has 0 spiro atoms. The minimum Gasteiger partial charge on any atom is -0.481 e. The van der Waals surface area contributed by atoms with E-state index in [2.05, 4.69) is 20.5 Å². The van der Waals surface area contributed by atoms with Crippen LogP contribution in [0.15, 0.2) is 36.5 Å². The van der Waals surface area contributed by atoms with Crippen molar-refractivity contribution in [2.24, 2.45) is 0 Å². The van der Waals surface area contributed by atoms with E-state index >= 15 is 0 Å². The van der Waals surface area contributed by atoms with E-state index in [9.17, 15) is 9.18 Å². The van der Waals surface area contributed by atoms with Crippen LogP contribution in [0.25, 0.3) is 0 Å². The molecule has 0 radical (unpaired) electrons. The van der Waals surface area contributed by atoms with Gasteiger partial charge in [-0.25, -0.2) is 14.2 Å². The van der Waals surface area contributed by atoms with E-state index in [0.29, 0.717) is 35.6 Å². The lowest BCUT2D eigenvalue weighted by atomic mass is 9.95. The van der Waals surface area contributed by atoms with Gasteiger partial charge in [-0.2, -0.15) is 5.10 Å². The van der Waals surface area contributed by atoms with E-state index in [-0.39, 0.29) is 11.1 Å². The smallest absolute Gasteiger partial charge is 0.326 e. The Morgan fingerprint density at radius 2 is 2.16 bits per heavy atom. The zero-order valence-electron chi connectivity index (χ0n) is 16.9. The second-order valence-corrected chi connectivity index (χ2v) is 8.32. The fourth-order valence-corrected chi connectivity index (χ4v) is 4.82. The largest absolute Gasteiger partial charge is 0.481 e. The first-order chi connectivity index (χ1) is 15.0. The van der Waals surface area contributed by atoms with Gasteiger partial charge in [0.2, 0.25) is 5.88 Å². The fourth-order valence-electron chi connectivity index (χ4n) is 4.64. The molecule has 2 bridgehead atoms. The van der Waals surface area contributed by atoms with Gasteiger partial charge in [0, 0.05) is 23.2 Å². The third-order valence-corrected chi connectivity index (χ3v) is 6.40. The number of nitrogens with zero attached hydrogens (tertiary/aromatic N) is 3. The maximum atomic E-state index is 13.5. The summed E-state index contributed by atoms with van der Waals surface area (Å²) in [6.45, 7) is 0.306. The van der Waals surface area contributed by atoms with Crippen molar-refractivity contribution >= 4 is 29.0 Å². The number of aromatic amines is 1. The highest BCUT2D eigenvalue weighted by Crippen LogP contribution is 2.53. The van der Waals surface area contributed by atoms with Gasteiger partial charge in [0.25, 0.3) is 0 Å². The molecule has 3 aromatic rings. The van der Waals surface area contributed by atoms with Crippen molar-refractivity contribution in [3.05, 3.63) is 64.3 Å². The summed E-state index contributed by atoms with van der Waals surface area (Å²) in [4.78, 5) is 19.0. The molecule has 5 rings (SSSR count). The Kier molecular flexibility index (Phi) is 5.02. The van der Waals surface area contributed by atoms with Gasteiger partial charge in [-0.05, 0) is 49.4 Å². The van der Waals surface area contributed by atoms with Crippen LogP contribution in [-0.2, 0) is 6.54 Å². The monoisotopic (exact) mass is 441 g/mol. The van der Waals surface area contributed by atoms with Gasteiger partial charge in [-0.3, -0.25) is 10.00 Å². The maximum absolute atomic E-state index is 13.5. The predicted molar refractivity (Wildman–Crippen MR) is 115 cm³/mol. The molecule has 2 aromatic heterocycles. The van der Waals surface area contributed by atoms with Crippen LogP contribution in [0.1, 0.15) is 48.0 Å². The molecule has 2 atom stereocenters. The number of anilines is 2. The molecule has 7 nitrogen and oxygen atoms in total. The number of methoxy groups -OCH3 is 1. The number of halogens is 2. The van der Waals surface area contributed by atoms with E-state index < -0.39 is 5.82 Å². The van der Waals surface area contributed by atoms with Crippen molar-refractivity contribution in [2.75, 3.05) is 17.3 Å². The average Bonchev–Trinajstić information content (AvgIpc) is 3.49. The second kappa shape index (κ2) is 7.85. The number of amides is 2. The van der Waals surface area contributed by atoms with Gasteiger partial charge in [0.15, 0.2) is 0 Å². The molecule has 2 aliphatic rings. The second-order valence-electron chi connectivity index (χ2n) is 7.91. The van der Waals surface area contributed by atoms with Gasteiger partial charge >= 0.3 is 6.03 Å². The van der Waals surface area contributed by atoms with Crippen LogP contribution in [0.5, 0.6) is 5.88 Å². The number of pyridine rings is 1. The number of H-pyrrole nitrogens is 1. The molecule has 1 aromatic carbocycles. The van der Waals surface area contributed by atoms with Gasteiger partial charge in [0.1, 0.15) is 5.82 Å². The van der Waals surface area contributed by atoms with Gasteiger partial charge < -0.3 is 10.1 Å². The molecular formula is C22H21ClFN5O2. The first kappa shape index (κ1) is 19.8. The topological polar surface area (TPSA) is 83.1 Å². The molecule has 2 N–H and O–H groups in total. The van der Waals surface area contributed by atoms with Crippen molar-refractivity contribution < 1.29 is 13.9 Å². The zero-order chi connectivity index (χ0) is 21.5. The lowest BCUT2D eigenvalue weighted by Crippen LogP contribution is -2.35. The Hall–Kier alpha value is -3.13. The number of hydrogen-bond donors (Lipinski definition) is 2. The fraction of sp³-hybridized carbons (Fsp3) is 0.318. The Labute approximate surface area is 183 Å². The van der Waals surface area contributed by atoms with Crippen LogP contribution < -0.4 is 15.0 Å². The highest BCUT2D eigenvalue weighted by atomic mass is 35.5. The molecule has 160 valence electrons. The average molecular weight is 442 g/mol. The van der Waals surface area contributed by atoms with Crippen LogP contribution in [0, 0.1) is 5.82 Å². The number of rotatable bonds is 5. The molecular weight excluding hydrogens is 421 g/mol. The summed E-state index contributed by atoms with van der Waals surface area (Å²) in [5.41, 5.74) is 4.32. The lowest BCUT2D eigenvalue weighted by Gasteiger charge is -2.24. The van der Waals surface area contributed by atoms with Gasteiger partial charge in [-0.15, -0.1) is 0 Å². The highest BCUT2D eigenvalue weighted by Gasteiger charge is 2.41. The molecule has 1 saturated carbocycles. The third kappa shape index (κ3) is 3.61. The standard InChI is InChI=1S/C22H21ClFN5O2/c1-31-19-7-5-15(10-25-19)29(22(30)26-14-4-6-17(24)16(23)9-14)11-18-20-12-2-3-13(8-12)21(20)28-27-18/h4-7,9-10,12-13H,2-3,8,11H2,1H3,(H,26,30)(H,27,28). The van der Waals surface area contributed by atoms with Crippen molar-refractivity contribution in [1.82, 2.24) is 15.2 Å². The molecule has 0 saturated heterocycles. The van der Waals surface area contributed by atoms with Gasteiger partial charge in [-0.1, -0.05) is 11.6 Å². The first-order valence-electron chi connectivity index (χ1n) is 10.1. The Morgan fingerprint density at radius 1 is 1.32 bits per heavy atom. The third-order valence-electron chi connectivity index (χ3n) is 6.11. The number of urea groups is 1. The number of hydrogen-bond acceptors (Lipinski definition) is 4. The SMILES string of the molecule is COc1ccc(N(Cc2[nH]nc3c2C2CCC3C2)C(=O)Nc2ccc(F)c(Cl)c2)cn1. The van der Waals surface area contributed by atoms with E-state index in [1.807, 2.05) is 0 Å². The zero-order valence-corrected chi connectivity index (χ0v) is 17.6. The molecule has 0 aliphatic heterocycles. The predicted octanol–water partition coefficient (Wildman–Crippen LogP) is 5.21. The number of nitrogens with one attached hydrogen (secondary N) is 2. The Balaban J connectivity index is 1.45. The molecule has 1 fully saturated rings. The van der Waals surface area contributed by atoms with E-state index in [0.717, 1.165) is 24.2 Å². The van der Waals surface area contributed by atoms with Gasteiger partial charge in [0.05, 0.1) is 41.9 Å². The van der Waals surface area contributed by atoms with Crippen molar-refractivity contribution in [3.63, 3.8) is 0 Å². The number of fused-ring (bicyclic) bond motifs is 5. The van der Waals surface area contributed by atoms with E-state index in [1.165, 1.54) is 37.3 Å². The van der Waals surface area contributed by atoms with Crippen LogP contribution in [0.4, 0.5) is 20.6 Å². The molecule has 2 aliphatic carbocycles. The number of carbonyl (C=O) groups excluding carboxylic acids is 1. The number of benzene rings is 1. The summed E-state index contributed by atoms with van der Waals surface area (Å²) in [6.07, 6.45) is 5.07. The molecule has 31 heavy (non-hydrogen) atoms. The maximum Gasteiger partial charge on any atom is 0.326 e. The normalized spacial score (nSPS) is 18.7. The summed E-state index contributed by atoms with van der Waals surface area (Å²) in [7, 11) is 1.54. The molecule has 2 amide bonds. The molecule has 2 heterocycles. The first-order valence-corrected chi connectivity index (χ1v) is 10.5. The van der Waals surface area contributed by atoms with Crippen molar-refractivity contribution in [1.29, 1.82) is 0 Å². The van der Waals surface area contributed by atoms with Crippen molar-refractivity contribution in [2.45, 2.75) is 37.6 Å². The summed E-state index contributed by atoms with van der Waals surface area (Å²) in [6, 6.07) is 7.15. The van der Waals surface area contributed by atoms with E-state index in [4.69, 9.17) is 16.3 Å². The molecule has 9 heteroatoms. The summed E-state index contributed by atoms with van der Waals surface area (Å²) in [5, 5.41) is 10.4. The van der Waals surface area contributed by atoms with Crippen LogP contribution in [0.3, 0.4) is 0 Å². The molecule has 2 unspecified atom stereocenters. The number of carbonyl (C=O) groups is 1. The highest BCUT2D eigenvalue weighted by molar-refractivity contribution is 6.31. The van der Waals surface area contributed by atoms with Crippen LogP contribution >= 0.6 is 11.6 Å². The summed E-state index contributed by atoms with van der Waals surface area (Å²) < 4.78 is 18.6. The van der Waals surface area contributed by atoms with Crippen LogP contribution in [-0.4, -0.2) is 28.3 Å².